The molecule has 0 bridgehead atoms. The van der Waals surface area contributed by atoms with Crippen molar-refractivity contribution >= 4 is 11.9 Å². The summed E-state index contributed by atoms with van der Waals surface area (Å²) in [5, 5.41) is 6.26. The molecule has 3 rings (SSSR count). The van der Waals surface area contributed by atoms with E-state index in [-0.39, 0.29) is 18.0 Å². The molecule has 0 aliphatic carbocycles. The molecule has 1 aliphatic heterocycles. The number of aromatic nitrogens is 2. The molecule has 0 radical (unpaired) electrons. The molecule has 23 heavy (non-hydrogen) atoms. The van der Waals surface area contributed by atoms with Crippen LogP contribution in [0.1, 0.15) is 31.1 Å². The number of carbonyl (C=O) groups excluding carboxylic acids is 2. The minimum atomic E-state index is -1.46. The largest absolute Gasteiger partial charge is 0.337 e. The predicted molar refractivity (Wildman–Crippen MR) is 76.5 cm³/mol. The van der Waals surface area contributed by atoms with E-state index in [1.807, 2.05) is 6.92 Å². The van der Waals surface area contributed by atoms with Gasteiger partial charge in [-0.25, -0.2) is 9.18 Å². The Morgan fingerprint density at radius 1 is 1.35 bits per heavy atom. The van der Waals surface area contributed by atoms with Gasteiger partial charge in [0.15, 0.2) is 5.82 Å². The summed E-state index contributed by atoms with van der Waals surface area (Å²) in [5.74, 6) is -0.479. The summed E-state index contributed by atoms with van der Waals surface area (Å²) < 4.78 is 19.0. The zero-order valence-corrected chi connectivity index (χ0v) is 12.7. The number of hydrogen-bond acceptors (Lipinski definition) is 5. The lowest BCUT2D eigenvalue weighted by molar-refractivity contribution is -0.131. The van der Waals surface area contributed by atoms with Crippen molar-refractivity contribution in [1.29, 1.82) is 0 Å². The highest BCUT2D eigenvalue weighted by Crippen LogP contribution is 2.31. The lowest BCUT2D eigenvalue weighted by Crippen LogP contribution is -2.41. The van der Waals surface area contributed by atoms with E-state index in [1.54, 1.807) is 6.07 Å². The predicted octanol–water partition coefficient (Wildman–Crippen LogP) is 1.74. The zero-order valence-electron chi connectivity index (χ0n) is 12.7. The second-order valence-electron chi connectivity index (χ2n) is 5.38. The minimum absolute atomic E-state index is 0.112. The number of aryl methyl sites for hydroxylation is 1. The van der Waals surface area contributed by atoms with Gasteiger partial charge in [0.2, 0.25) is 5.89 Å². The van der Waals surface area contributed by atoms with Crippen molar-refractivity contribution < 1.29 is 18.5 Å². The van der Waals surface area contributed by atoms with Crippen LogP contribution in [0.15, 0.2) is 28.8 Å². The van der Waals surface area contributed by atoms with Crippen molar-refractivity contribution in [2.24, 2.45) is 0 Å². The average Bonchev–Trinajstić information content (AvgIpc) is 3.07. The van der Waals surface area contributed by atoms with Crippen molar-refractivity contribution in [3.05, 3.63) is 47.4 Å². The van der Waals surface area contributed by atoms with Crippen LogP contribution in [0.2, 0.25) is 0 Å². The number of halogens is 1. The summed E-state index contributed by atoms with van der Waals surface area (Å²) in [5.41, 5.74) is -1.35. The van der Waals surface area contributed by atoms with Crippen LogP contribution in [0, 0.1) is 5.82 Å². The fraction of sp³-hybridized carbons (Fsp3) is 0.333. The van der Waals surface area contributed by atoms with E-state index in [0.29, 0.717) is 12.2 Å². The summed E-state index contributed by atoms with van der Waals surface area (Å²) in [6.45, 7) is 3.18. The van der Waals surface area contributed by atoms with Crippen LogP contribution in [0.3, 0.4) is 0 Å². The Morgan fingerprint density at radius 2 is 2.09 bits per heavy atom. The van der Waals surface area contributed by atoms with Crippen molar-refractivity contribution in [3.63, 3.8) is 0 Å². The fourth-order valence-electron chi connectivity index (χ4n) is 2.52. The van der Waals surface area contributed by atoms with Crippen molar-refractivity contribution in [2.45, 2.75) is 32.4 Å². The Bertz CT molecular complexity index is 776. The number of benzene rings is 1. The first-order valence-electron chi connectivity index (χ1n) is 7.16. The molecule has 7 nitrogen and oxygen atoms in total. The molecule has 1 aliphatic rings. The fourth-order valence-corrected chi connectivity index (χ4v) is 2.52. The Labute approximate surface area is 131 Å². The van der Waals surface area contributed by atoms with Crippen molar-refractivity contribution in [3.8, 4) is 0 Å². The third-order valence-electron chi connectivity index (χ3n) is 3.81. The molecule has 1 aromatic carbocycles. The third-order valence-corrected chi connectivity index (χ3v) is 3.81. The summed E-state index contributed by atoms with van der Waals surface area (Å²) in [7, 11) is 0. The number of nitrogens with one attached hydrogen (secondary N) is 1. The van der Waals surface area contributed by atoms with Gasteiger partial charge in [0, 0.05) is 12.0 Å². The minimum Gasteiger partial charge on any atom is -0.337 e. The van der Waals surface area contributed by atoms with Crippen LogP contribution >= 0.6 is 0 Å². The molecular formula is C15H15FN4O3. The second kappa shape index (κ2) is 5.45. The Hall–Kier alpha value is -2.77. The molecule has 0 saturated carbocycles. The molecule has 1 atom stereocenters. The zero-order chi connectivity index (χ0) is 16.6. The number of imide groups is 1. The van der Waals surface area contributed by atoms with Crippen molar-refractivity contribution in [2.75, 3.05) is 0 Å². The third kappa shape index (κ3) is 2.45. The van der Waals surface area contributed by atoms with Gasteiger partial charge in [-0.3, -0.25) is 9.69 Å². The molecule has 1 N–H and O–H groups in total. The first-order valence-corrected chi connectivity index (χ1v) is 7.16. The van der Waals surface area contributed by atoms with E-state index in [4.69, 9.17) is 4.52 Å². The van der Waals surface area contributed by atoms with Gasteiger partial charge in [-0.05, 0) is 13.0 Å². The lowest BCUT2D eigenvalue weighted by atomic mass is 9.91. The topological polar surface area (TPSA) is 88.3 Å². The molecule has 8 heteroatoms. The number of urea groups is 1. The first kappa shape index (κ1) is 15.1. The van der Waals surface area contributed by atoms with Crippen LogP contribution < -0.4 is 5.32 Å². The van der Waals surface area contributed by atoms with E-state index < -0.39 is 23.3 Å². The molecular weight excluding hydrogens is 303 g/mol. The number of nitrogens with zero attached hydrogens (tertiary/aromatic N) is 3. The number of carbonyl (C=O) groups is 2. The van der Waals surface area contributed by atoms with Gasteiger partial charge in [-0.15, -0.1) is 0 Å². The summed E-state index contributed by atoms with van der Waals surface area (Å²) >= 11 is 0. The molecule has 1 fully saturated rings. The SMILES string of the molecule is CCc1noc(CN2C(=O)NC(C)(c3ccccc3F)C2=O)n1. The lowest BCUT2D eigenvalue weighted by Gasteiger charge is -2.22. The van der Waals surface area contributed by atoms with Crippen LogP contribution in [0.5, 0.6) is 0 Å². The van der Waals surface area contributed by atoms with Gasteiger partial charge in [0.1, 0.15) is 17.9 Å². The van der Waals surface area contributed by atoms with Gasteiger partial charge in [0.05, 0.1) is 0 Å². The van der Waals surface area contributed by atoms with Gasteiger partial charge in [0.25, 0.3) is 5.91 Å². The van der Waals surface area contributed by atoms with E-state index in [0.717, 1.165) is 4.90 Å². The Balaban J connectivity index is 1.89. The average molecular weight is 318 g/mol. The van der Waals surface area contributed by atoms with Gasteiger partial charge >= 0.3 is 6.03 Å². The van der Waals surface area contributed by atoms with Crippen LogP contribution in [0.4, 0.5) is 9.18 Å². The molecule has 120 valence electrons. The van der Waals surface area contributed by atoms with E-state index in [2.05, 4.69) is 15.5 Å². The number of rotatable bonds is 4. The maximum Gasteiger partial charge on any atom is 0.325 e. The summed E-state index contributed by atoms with van der Waals surface area (Å²) in [6.07, 6.45) is 0.580. The van der Waals surface area contributed by atoms with Crippen LogP contribution in [-0.4, -0.2) is 27.0 Å². The molecule has 2 aromatic rings. The van der Waals surface area contributed by atoms with Crippen LogP contribution in [-0.2, 0) is 23.3 Å². The van der Waals surface area contributed by atoms with E-state index in [9.17, 15) is 14.0 Å². The molecule has 1 unspecified atom stereocenters. The highest BCUT2D eigenvalue weighted by Gasteiger charge is 2.50. The maximum atomic E-state index is 14.0. The highest BCUT2D eigenvalue weighted by molar-refractivity contribution is 6.07. The van der Waals surface area contributed by atoms with Gasteiger partial charge < -0.3 is 9.84 Å². The first-order chi connectivity index (χ1) is 11.0. The summed E-state index contributed by atoms with van der Waals surface area (Å²) in [4.78, 5) is 29.8. The normalized spacial score (nSPS) is 20.9. The van der Waals surface area contributed by atoms with E-state index in [1.165, 1.54) is 25.1 Å². The quantitative estimate of drug-likeness (QED) is 0.868. The smallest absolute Gasteiger partial charge is 0.325 e. The molecule has 2 heterocycles. The summed E-state index contributed by atoms with van der Waals surface area (Å²) in [6, 6.07) is 5.22. The molecule has 3 amide bonds. The second-order valence-corrected chi connectivity index (χ2v) is 5.38. The molecule has 1 saturated heterocycles. The molecule has 1 aromatic heterocycles. The van der Waals surface area contributed by atoms with E-state index >= 15 is 0 Å². The molecule has 0 spiro atoms. The number of amides is 3. The van der Waals surface area contributed by atoms with Crippen LogP contribution in [0.25, 0.3) is 0 Å². The van der Waals surface area contributed by atoms with Gasteiger partial charge in [-0.1, -0.05) is 30.3 Å². The highest BCUT2D eigenvalue weighted by atomic mass is 19.1. The van der Waals surface area contributed by atoms with Gasteiger partial charge in [-0.2, -0.15) is 4.98 Å². The Morgan fingerprint density at radius 3 is 2.74 bits per heavy atom. The number of hydrogen-bond donors (Lipinski definition) is 1. The monoisotopic (exact) mass is 318 g/mol. The van der Waals surface area contributed by atoms with Crippen molar-refractivity contribution in [1.82, 2.24) is 20.4 Å². The standard InChI is InChI=1S/C15H15FN4O3/c1-3-11-17-12(23-19-11)8-20-13(21)15(2,18-14(20)22)9-6-4-5-7-10(9)16/h4-7H,3,8H2,1-2H3,(H,18,22). The Kier molecular flexibility index (Phi) is 3.59. The maximum absolute atomic E-state index is 14.0.